The van der Waals surface area contributed by atoms with Gasteiger partial charge in [-0.1, -0.05) is 18.6 Å². The van der Waals surface area contributed by atoms with Gasteiger partial charge in [0, 0.05) is 5.41 Å². The molecule has 1 aromatic heterocycles. The van der Waals surface area contributed by atoms with Gasteiger partial charge in [0.15, 0.2) is 9.84 Å². The number of alkyl halides is 3. The molecule has 2 aliphatic rings. The van der Waals surface area contributed by atoms with E-state index in [-0.39, 0.29) is 33.7 Å². The van der Waals surface area contributed by atoms with Crippen molar-refractivity contribution >= 4 is 26.6 Å². The second kappa shape index (κ2) is 6.72. The van der Waals surface area contributed by atoms with E-state index in [4.69, 9.17) is 0 Å². The average molecular weight is 426 g/mol. The normalized spacial score (nSPS) is 21.3. The Hall–Kier alpha value is -2.62. The number of halogens is 3. The predicted molar refractivity (Wildman–Crippen MR) is 100 cm³/mol. The van der Waals surface area contributed by atoms with Gasteiger partial charge >= 0.3 is 6.18 Å². The molecule has 0 spiro atoms. The van der Waals surface area contributed by atoms with E-state index in [2.05, 4.69) is 10.3 Å². The fraction of sp³-hybridized carbons (Fsp3) is 0.368. The number of H-pyrrole nitrogens is 1. The van der Waals surface area contributed by atoms with Crippen LogP contribution in [0.4, 0.5) is 13.2 Å². The Kier molecular flexibility index (Phi) is 4.56. The molecule has 29 heavy (non-hydrogen) atoms. The molecule has 154 valence electrons. The molecule has 1 atom stereocenters. The number of nitrogens with one attached hydrogen (secondary N) is 2. The lowest BCUT2D eigenvalue weighted by atomic mass is 9.77. The molecular formula is C19H17F3N2O4S. The van der Waals surface area contributed by atoms with Crippen LogP contribution in [-0.4, -0.2) is 31.1 Å². The molecule has 4 rings (SSSR count). The van der Waals surface area contributed by atoms with Gasteiger partial charge in [-0.25, -0.2) is 8.42 Å². The van der Waals surface area contributed by atoms with Gasteiger partial charge < -0.3 is 10.3 Å². The topological polar surface area (TPSA) is 96.1 Å². The van der Waals surface area contributed by atoms with Crippen molar-refractivity contribution in [1.29, 1.82) is 0 Å². The van der Waals surface area contributed by atoms with Crippen LogP contribution in [0.1, 0.15) is 46.7 Å². The van der Waals surface area contributed by atoms with Crippen LogP contribution in [0, 0.1) is 0 Å². The van der Waals surface area contributed by atoms with Gasteiger partial charge in [-0.3, -0.25) is 9.59 Å². The largest absolute Gasteiger partial charge is 0.418 e. The van der Waals surface area contributed by atoms with Crippen molar-refractivity contribution in [1.82, 2.24) is 10.3 Å². The summed E-state index contributed by atoms with van der Waals surface area (Å²) in [5.41, 5.74) is -2.39. The third-order valence-electron chi connectivity index (χ3n) is 5.37. The number of pyridine rings is 1. The Labute approximate surface area is 163 Å². The van der Waals surface area contributed by atoms with Crippen LogP contribution >= 0.6 is 0 Å². The van der Waals surface area contributed by atoms with Gasteiger partial charge in [-0.05, 0) is 41.9 Å². The van der Waals surface area contributed by atoms with Crippen LogP contribution in [0.3, 0.4) is 0 Å². The number of aromatic amines is 1. The highest BCUT2D eigenvalue weighted by atomic mass is 32.2. The SMILES string of the molecule is O=C(N[C@@H]1C=CS(=O)(=O)C1)c1cc2ccc(C3CCC3)c(C(F)(F)F)c2[nH]c1=O. The van der Waals surface area contributed by atoms with Crippen LogP contribution in [0.15, 0.2) is 34.5 Å². The van der Waals surface area contributed by atoms with Crippen molar-refractivity contribution in [2.45, 2.75) is 37.4 Å². The summed E-state index contributed by atoms with van der Waals surface area (Å²) in [7, 11) is -3.41. The first-order chi connectivity index (χ1) is 13.5. The number of aromatic nitrogens is 1. The second-order valence-corrected chi connectivity index (χ2v) is 9.30. The number of hydrogen-bond acceptors (Lipinski definition) is 4. The number of benzene rings is 1. The summed E-state index contributed by atoms with van der Waals surface area (Å²) < 4.78 is 64.2. The van der Waals surface area contributed by atoms with Crippen LogP contribution in [0.2, 0.25) is 0 Å². The van der Waals surface area contributed by atoms with Crippen molar-refractivity contribution in [2.75, 3.05) is 5.75 Å². The van der Waals surface area contributed by atoms with Crippen LogP contribution in [0.25, 0.3) is 10.9 Å². The van der Waals surface area contributed by atoms with E-state index in [1.807, 2.05) is 0 Å². The summed E-state index contributed by atoms with van der Waals surface area (Å²) >= 11 is 0. The molecule has 0 saturated heterocycles. The Balaban J connectivity index is 1.75. The van der Waals surface area contributed by atoms with Crippen molar-refractivity contribution in [3.8, 4) is 0 Å². The Bertz CT molecular complexity index is 1190. The minimum absolute atomic E-state index is 0.0831. The number of hydrogen-bond donors (Lipinski definition) is 2. The minimum atomic E-state index is -4.65. The van der Waals surface area contributed by atoms with Crippen molar-refractivity contribution in [3.63, 3.8) is 0 Å². The number of carbonyl (C=O) groups excluding carboxylic acids is 1. The fourth-order valence-corrected chi connectivity index (χ4v) is 4.97. The summed E-state index contributed by atoms with van der Waals surface area (Å²) in [6.07, 6.45) is -1.18. The Morgan fingerprint density at radius 1 is 1.21 bits per heavy atom. The highest BCUT2D eigenvalue weighted by molar-refractivity contribution is 7.94. The summed E-state index contributed by atoms with van der Waals surface area (Å²) in [5.74, 6) is -1.37. The zero-order valence-electron chi connectivity index (χ0n) is 15.0. The fourth-order valence-electron chi connectivity index (χ4n) is 3.74. The summed E-state index contributed by atoms with van der Waals surface area (Å²) in [5, 5.41) is 3.46. The second-order valence-electron chi connectivity index (χ2n) is 7.37. The van der Waals surface area contributed by atoms with Crippen LogP contribution < -0.4 is 10.9 Å². The number of carbonyl (C=O) groups is 1. The first-order valence-corrected chi connectivity index (χ1v) is 10.8. The standard InChI is InChI=1S/C19H17F3N2O4S/c20-19(21,22)15-13(10-2-1-3-10)5-4-11-8-14(18(26)24-16(11)15)17(25)23-12-6-7-29(27,28)9-12/h4-8,10,12H,1-3,9H2,(H,23,25)(H,24,26)/t12-/m1/s1. The summed E-state index contributed by atoms with van der Waals surface area (Å²) in [6, 6.07) is 3.18. The molecule has 10 heteroatoms. The molecule has 1 amide bonds. The Morgan fingerprint density at radius 2 is 1.93 bits per heavy atom. The van der Waals surface area contributed by atoms with E-state index in [0.29, 0.717) is 12.8 Å². The zero-order valence-corrected chi connectivity index (χ0v) is 15.9. The number of amides is 1. The van der Waals surface area contributed by atoms with Gasteiger partial charge in [-0.2, -0.15) is 13.2 Å². The zero-order chi connectivity index (χ0) is 21.0. The number of sulfone groups is 1. The molecule has 6 nitrogen and oxygen atoms in total. The van der Waals surface area contributed by atoms with Crippen LogP contribution in [-0.2, 0) is 16.0 Å². The Morgan fingerprint density at radius 3 is 2.48 bits per heavy atom. The molecule has 2 aromatic rings. The number of fused-ring (bicyclic) bond motifs is 1. The molecule has 1 aromatic carbocycles. The lowest BCUT2D eigenvalue weighted by Crippen LogP contribution is -2.38. The molecule has 0 unspecified atom stereocenters. The van der Waals surface area contributed by atoms with Gasteiger partial charge in [0.2, 0.25) is 0 Å². The van der Waals surface area contributed by atoms with Crippen LogP contribution in [0.5, 0.6) is 0 Å². The maximum absolute atomic E-state index is 13.8. The highest BCUT2D eigenvalue weighted by Gasteiger charge is 2.39. The molecule has 0 bridgehead atoms. The smallest absolute Gasteiger partial charge is 0.345 e. The van der Waals surface area contributed by atoms with Gasteiger partial charge in [0.1, 0.15) is 5.56 Å². The minimum Gasteiger partial charge on any atom is -0.345 e. The van der Waals surface area contributed by atoms with E-state index in [9.17, 15) is 31.2 Å². The molecule has 2 heterocycles. The molecule has 1 fully saturated rings. The average Bonchev–Trinajstić information content (AvgIpc) is 2.89. The highest BCUT2D eigenvalue weighted by Crippen LogP contribution is 2.45. The van der Waals surface area contributed by atoms with E-state index < -0.39 is 39.1 Å². The first-order valence-electron chi connectivity index (χ1n) is 9.04. The van der Waals surface area contributed by atoms with Crippen molar-refractivity contribution < 1.29 is 26.4 Å². The molecule has 1 aliphatic heterocycles. The third-order valence-corrected chi connectivity index (χ3v) is 6.77. The van der Waals surface area contributed by atoms with Gasteiger partial charge in [0.25, 0.3) is 11.5 Å². The molecule has 1 aliphatic carbocycles. The first kappa shape index (κ1) is 19.7. The lowest BCUT2D eigenvalue weighted by Gasteiger charge is -2.29. The third kappa shape index (κ3) is 3.68. The maximum atomic E-state index is 13.8. The summed E-state index contributed by atoms with van der Waals surface area (Å²) in [4.78, 5) is 27.0. The molecule has 1 saturated carbocycles. The number of rotatable bonds is 3. The predicted octanol–water partition coefficient (Wildman–Crippen LogP) is 2.85. The van der Waals surface area contributed by atoms with Crippen molar-refractivity contribution in [2.24, 2.45) is 0 Å². The molecule has 2 N–H and O–H groups in total. The summed E-state index contributed by atoms with van der Waals surface area (Å²) in [6.45, 7) is 0. The van der Waals surface area contributed by atoms with E-state index >= 15 is 0 Å². The molecule has 0 radical (unpaired) electrons. The monoisotopic (exact) mass is 426 g/mol. The van der Waals surface area contributed by atoms with Gasteiger partial charge in [0.05, 0.1) is 22.9 Å². The van der Waals surface area contributed by atoms with E-state index in [0.717, 1.165) is 17.9 Å². The quantitative estimate of drug-likeness (QED) is 0.789. The van der Waals surface area contributed by atoms with E-state index in [1.165, 1.54) is 18.2 Å². The van der Waals surface area contributed by atoms with Crippen molar-refractivity contribution in [3.05, 3.63) is 56.7 Å². The molecular weight excluding hydrogens is 409 g/mol. The maximum Gasteiger partial charge on any atom is 0.418 e. The van der Waals surface area contributed by atoms with Gasteiger partial charge in [-0.15, -0.1) is 0 Å². The van der Waals surface area contributed by atoms with E-state index in [1.54, 1.807) is 0 Å². The lowest BCUT2D eigenvalue weighted by molar-refractivity contribution is -0.137.